The molecule has 1 heterocycles. The van der Waals surface area contributed by atoms with Crippen molar-refractivity contribution in [2.75, 3.05) is 11.9 Å². The molecule has 2 aromatic rings. The molecule has 5 nitrogen and oxygen atoms in total. The number of aromatic nitrogens is 1. The van der Waals surface area contributed by atoms with Gasteiger partial charge < -0.3 is 15.4 Å². The average Bonchev–Trinajstić information content (AvgIpc) is 2.48. The number of rotatable bonds is 2. The van der Waals surface area contributed by atoms with Gasteiger partial charge in [0, 0.05) is 17.4 Å². The zero-order valence-corrected chi connectivity index (χ0v) is 11.4. The number of anilines is 1. The van der Waals surface area contributed by atoms with E-state index in [9.17, 15) is 9.59 Å². The van der Waals surface area contributed by atoms with Gasteiger partial charge in [-0.1, -0.05) is 11.8 Å². The van der Waals surface area contributed by atoms with E-state index < -0.39 is 11.5 Å². The molecule has 5 heteroatoms. The number of aryl methyl sites for hydroxylation is 1. The zero-order chi connectivity index (χ0) is 15.2. The Hall–Kier alpha value is -2.84. The number of aliphatic hydroxyl groups is 1. The van der Waals surface area contributed by atoms with E-state index in [1.54, 1.807) is 24.3 Å². The summed E-state index contributed by atoms with van der Waals surface area (Å²) in [5.74, 6) is 4.88. The maximum Gasteiger partial charge on any atom is 0.261 e. The maximum absolute atomic E-state index is 12.1. The normalized spacial score (nSPS) is 9.62. The fraction of sp³-hybridized carbons (Fsp3) is 0.125. The first-order valence-electron chi connectivity index (χ1n) is 6.31. The van der Waals surface area contributed by atoms with Crippen molar-refractivity contribution in [2.45, 2.75) is 6.92 Å². The third kappa shape index (κ3) is 3.59. The third-order valence-electron chi connectivity index (χ3n) is 2.85. The van der Waals surface area contributed by atoms with Crippen LogP contribution in [-0.4, -0.2) is 22.6 Å². The van der Waals surface area contributed by atoms with Gasteiger partial charge in [-0.25, -0.2) is 0 Å². The van der Waals surface area contributed by atoms with Crippen LogP contribution in [0.5, 0.6) is 0 Å². The van der Waals surface area contributed by atoms with Gasteiger partial charge in [-0.2, -0.15) is 0 Å². The van der Waals surface area contributed by atoms with Gasteiger partial charge in [0.2, 0.25) is 0 Å². The topological polar surface area (TPSA) is 82.2 Å². The van der Waals surface area contributed by atoms with Gasteiger partial charge >= 0.3 is 0 Å². The van der Waals surface area contributed by atoms with E-state index in [1.807, 2.05) is 6.92 Å². The Balaban J connectivity index is 2.22. The second-order valence-electron chi connectivity index (χ2n) is 4.36. The fourth-order valence-electron chi connectivity index (χ4n) is 1.81. The molecule has 0 spiro atoms. The summed E-state index contributed by atoms with van der Waals surface area (Å²) in [5, 5.41) is 11.4. The first kappa shape index (κ1) is 14.6. The Kier molecular flexibility index (Phi) is 4.54. The summed E-state index contributed by atoms with van der Waals surface area (Å²) in [7, 11) is 0. The zero-order valence-electron chi connectivity index (χ0n) is 11.4. The molecular formula is C16H14N2O3. The minimum atomic E-state index is -0.464. The van der Waals surface area contributed by atoms with Crippen molar-refractivity contribution in [3.63, 3.8) is 0 Å². The van der Waals surface area contributed by atoms with Crippen molar-refractivity contribution >= 4 is 11.6 Å². The standard InChI is InChI=1S/C16H14N2O3/c1-11-10-12(4-3-9-19)6-7-14(11)18-16(21)13-5-2-8-17-15(13)20/h2,5-8,10,19H,9H2,1H3,(H,17,20)(H,18,21). The number of pyridine rings is 1. The predicted molar refractivity (Wildman–Crippen MR) is 80.2 cm³/mol. The first-order valence-corrected chi connectivity index (χ1v) is 6.31. The Morgan fingerprint density at radius 2 is 2.19 bits per heavy atom. The van der Waals surface area contributed by atoms with E-state index in [0.717, 1.165) is 11.1 Å². The minimum Gasteiger partial charge on any atom is -0.384 e. The Morgan fingerprint density at radius 3 is 2.86 bits per heavy atom. The molecule has 0 unspecified atom stereocenters. The number of benzene rings is 1. The molecule has 0 atom stereocenters. The number of carbonyl (C=O) groups is 1. The molecule has 1 aromatic heterocycles. The van der Waals surface area contributed by atoms with Crippen LogP contribution in [0.2, 0.25) is 0 Å². The molecule has 0 aliphatic heterocycles. The molecule has 0 radical (unpaired) electrons. The molecule has 0 saturated heterocycles. The van der Waals surface area contributed by atoms with Gasteiger partial charge in [0.1, 0.15) is 12.2 Å². The number of hydrogen-bond acceptors (Lipinski definition) is 3. The smallest absolute Gasteiger partial charge is 0.261 e. The largest absolute Gasteiger partial charge is 0.384 e. The van der Waals surface area contributed by atoms with Crippen LogP contribution < -0.4 is 10.9 Å². The summed E-state index contributed by atoms with van der Waals surface area (Å²) in [6, 6.07) is 8.31. The van der Waals surface area contributed by atoms with Gasteiger partial charge in [-0.3, -0.25) is 9.59 Å². The van der Waals surface area contributed by atoms with Crippen LogP contribution in [0.15, 0.2) is 41.3 Å². The summed E-state index contributed by atoms with van der Waals surface area (Å²) < 4.78 is 0. The molecule has 3 N–H and O–H groups in total. The van der Waals surface area contributed by atoms with Crippen LogP contribution in [-0.2, 0) is 0 Å². The van der Waals surface area contributed by atoms with Crippen molar-refractivity contribution in [2.24, 2.45) is 0 Å². The lowest BCUT2D eigenvalue weighted by molar-refractivity contribution is 0.102. The molecule has 0 aliphatic rings. The van der Waals surface area contributed by atoms with Crippen LogP contribution in [0, 0.1) is 18.8 Å². The summed E-state index contributed by atoms with van der Waals surface area (Å²) in [5.41, 5.74) is 1.80. The van der Waals surface area contributed by atoms with Crippen LogP contribution >= 0.6 is 0 Å². The van der Waals surface area contributed by atoms with Crippen molar-refractivity contribution in [3.05, 3.63) is 63.6 Å². The van der Waals surface area contributed by atoms with Gasteiger partial charge in [0.25, 0.3) is 11.5 Å². The minimum absolute atomic E-state index is 0.0565. The lowest BCUT2D eigenvalue weighted by Gasteiger charge is -2.08. The molecular weight excluding hydrogens is 268 g/mol. The number of H-pyrrole nitrogens is 1. The van der Waals surface area contributed by atoms with Crippen molar-refractivity contribution < 1.29 is 9.90 Å². The molecule has 1 amide bonds. The molecule has 0 saturated carbocycles. The van der Waals surface area contributed by atoms with E-state index in [1.165, 1.54) is 12.3 Å². The first-order chi connectivity index (χ1) is 10.1. The summed E-state index contributed by atoms with van der Waals surface area (Å²) in [6.07, 6.45) is 1.47. The predicted octanol–water partition coefficient (Wildman–Crippen LogP) is 1.28. The monoisotopic (exact) mass is 282 g/mol. The number of aliphatic hydroxyl groups excluding tert-OH is 1. The quantitative estimate of drug-likeness (QED) is 0.726. The van der Waals surface area contributed by atoms with Crippen molar-refractivity contribution in [3.8, 4) is 11.8 Å². The number of amides is 1. The number of carbonyl (C=O) groups excluding carboxylic acids is 1. The van der Waals surface area contributed by atoms with Crippen LogP contribution in [0.3, 0.4) is 0 Å². The molecule has 0 aliphatic carbocycles. The maximum atomic E-state index is 12.1. The number of nitrogens with one attached hydrogen (secondary N) is 2. The lowest BCUT2D eigenvalue weighted by Crippen LogP contribution is -2.22. The Morgan fingerprint density at radius 1 is 1.38 bits per heavy atom. The van der Waals surface area contributed by atoms with Gasteiger partial charge in [0.05, 0.1) is 0 Å². The average molecular weight is 282 g/mol. The highest BCUT2D eigenvalue weighted by Crippen LogP contribution is 2.16. The molecule has 0 bridgehead atoms. The lowest BCUT2D eigenvalue weighted by atomic mass is 10.1. The van der Waals surface area contributed by atoms with E-state index in [-0.39, 0.29) is 12.2 Å². The molecule has 2 rings (SSSR count). The van der Waals surface area contributed by atoms with Crippen molar-refractivity contribution in [1.82, 2.24) is 4.98 Å². The van der Waals surface area contributed by atoms with E-state index in [2.05, 4.69) is 22.1 Å². The van der Waals surface area contributed by atoms with Gasteiger partial charge in [-0.15, -0.1) is 0 Å². The Bertz CT molecular complexity index is 782. The number of aromatic amines is 1. The SMILES string of the molecule is Cc1cc(C#CCO)ccc1NC(=O)c1ccc[nH]c1=O. The van der Waals surface area contributed by atoms with Gasteiger partial charge in [0.15, 0.2) is 0 Å². The Labute approximate surface area is 121 Å². The summed E-state index contributed by atoms with van der Waals surface area (Å²) >= 11 is 0. The molecule has 21 heavy (non-hydrogen) atoms. The second-order valence-corrected chi connectivity index (χ2v) is 4.36. The number of hydrogen-bond donors (Lipinski definition) is 3. The van der Waals surface area contributed by atoms with Crippen LogP contribution in [0.4, 0.5) is 5.69 Å². The van der Waals surface area contributed by atoms with Crippen molar-refractivity contribution in [1.29, 1.82) is 0 Å². The highest BCUT2D eigenvalue weighted by Gasteiger charge is 2.11. The molecule has 1 aromatic carbocycles. The van der Waals surface area contributed by atoms with E-state index in [0.29, 0.717) is 5.69 Å². The fourth-order valence-corrected chi connectivity index (χ4v) is 1.81. The highest BCUT2D eigenvalue weighted by atomic mass is 16.2. The molecule has 0 fully saturated rings. The van der Waals surface area contributed by atoms with Crippen LogP contribution in [0.25, 0.3) is 0 Å². The van der Waals surface area contributed by atoms with E-state index >= 15 is 0 Å². The summed E-state index contributed by atoms with van der Waals surface area (Å²) in [6.45, 7) is 1.63. The molecule has 106 valence electrons. The van der Waals surface area contributed by atoms with E-state index in [4.69, 9.17) is 5.11 Å². The third-order valence-corrected chi connectivity index (χ3v) is 2.85. The highest BCUT2D eigenvalue weighted by molar-refractivity contribution is 6.04. The van der Waals surface area contributed by atoms with Gasteiger partial charge in [-0.05, 0) is 42.8 Å². The van der Waals surface area contributed by atoms with Crippen LogP contribution in [0.1, 0.15) is 21.5 Å². The summed E-state index contributed by atoms with van der Waals surface area (Å²) in [4.78, 5) is 26.1. The second kappa shape index (κ2) is 6.55.